The number of halogens is 1. The average Bonchev–Trinajstić information content (AvgIpc) is 3.55. The molecule has 4 aromatic rings. The molecule has 1 aromatic carbocycles. The molecule has 1 amide bonds. The van der Waals surface area contributed by atoms with Crippen LogP contribution in [0.1, 0.15) is 18.3 Å². The predicted octanol–water partition coefficient (Wildman–Crippen LogP) is 2.51. The van der Waals surface area contributed by atoms with E-state index in [9.17, 15) is 14.3 Å². The van der Waals surface area contributed by atoms with Gasteiger partial charge in [0, 0.05) is 31.8 Å². The highest BCUT2D eigenvalue weighted by atomic mass is 19.1. The molecule has 2 N–H and O–H groups in total. The van der Waals surface area contributed by atoms with E-state index >= 15 is 0 Å². The number of β-amino-alcohol motifs (C(OH)–C–C–N with tert-alkyl or cyclic N) is 1. The van der Waals surface area contributed by atoms with E-state index in [1.54, 1.807) is 19.5 Å². The van der Waals surface area contributed by atoms with Crippen LogP contribution in [0.2, 0.25) is 0 Å². The van der Waals surface area contributed by atoms with E-state index in [-0.39, 0.29) is 13.0 Å². The van der Waals surface area contributed by atoms with Crippen molar-refractivity contribution in [2.45, 2.75) is 18.6 Å². The third kappa shape index (κ3) is 3.81. The molecule has 1 saturated heterocycles. The fraction of sp³-hybridized carbons (Fsp3) is 0.348. The summed E-state index contributed by atoms with van der Waals surface area (Å²) in [5, 5.41) is 10.3. The number of nitrogens with zero attached hydrogens (tertiary/aromatic N) is 4. The minimum atomic E-state index is -1.12. The van der Waals surface area contributed by atoms with E-state index in [2.05, 4.69) is 9.97 Å². The van der Waals surface area contributed by atoms with Gasteiger partial charge in [-0.25, -0.2) is 14.4 Å². The van der Waals surface area contributed by atoms with Crippen molar-refractivity contribution in [3.05, 3.63) is 48.5 Å². The highest BCUT2D eigenvalue weighted by Crippen LogP contribution is 2.37. The molecule has 1 aliphatic heterocycles. The SMILES string of the molecule is COCCOc1ccc(-c2nc(C3C[C@@H](O)CN3C(=O)CF)n3c2cnc2[nH]ccc23)cc1. The van der Waals surface area contributed by atoms with Crippen molar-refractivity contribution in [3.8, 4) is 17.0 Å². The number of aromatic amines is 1. The number of benzene rings is 1. The summed E-state index contributed by atoms with van der Waals surface area (Å²) < 4.78 is 25.8. The van der Waals surface area contributed by atoms with Crippen molar-refractivity contribution in [1.29, 1.82) is 0 Å². The minimum absolute atomic E-state index is 0.0759. The van der Waals surface area contributed by atoms with Crippen LogP contribution in [0.15, 0.2) is 42.7 Å². The number of alkyl halides is 1. The van der Waals surface area contributed by atoms with Gasteiger partial charge in [-0.2, -0.15) is 0 Å². The fourth-order valence-electron chi connectivity index (χ4n) is 4.38. The first-order valence-electron chi connectivity index (χ1n) is 10.7. The Morgan fingerprint density at radius 2 is 2.06 bits per heavy atom. The largest absolute Gasteiger partial charge is 0.491 e. The summed E-state index contributed by atoms with van der Waals surface area (Å²) in [5.41, 5.74) is 3.72. The van der Waals surface area contributed by atoms with Crippen molar-refractivity contribution in [1.82, 2.24) is 24.3 Å². The number of amides is 1. The lowest BCUT2D eigenvalue weighted by Crippen LogP contribution is -2.33. The number of hydrogen-bond donors (Lipinski definition) is 2. The number of nitrogens with one attached hydrogen (secondary N) is 1. The van der Waals surface area contributed by atoms with E-state index in [4.69, 9.17) is 14.5 Å². The zero-order valence-electron chi connectivity index (χ0n) is 18.1. The van der Waals surface area contributed by atoms with Crippen LogP contribution in [0, 0.1) is 0 Å². The van der Waals surface area contributed by atoms with Gasteiger partial charge < -0.3 is 24.5 Å². The monoisotopic (exact) mass is 453 g/mol. The first-order chi connectivity index (χ1) is 16.1. The Hall–Kier alpha value is -3.50. The Bertz CT molecular complexity index is 1290. The maximum atomic E-state index is 13.3. The number of carbonyl (C=O) groups is 1. The number of aliphatic hydroxyl groups excluding tert-OH is 1. The second-order valence-corrected chi connectivity index (χ2v) is 7.96. The molecule has 1 aliphatic rings. The summed E-state index contributed by atoms with van der Waals surface area (Å²) in [6.07, 6.45) is 3.04. The Labute approximate surface area is 188 Å². The molecule has 3 aromatic heterocycles. The van der Waals surface area contributed by atoms with Gasteiger partial charge in [-0.05, 0) is 30.3 Å². The van der Waals surface area contributed by atoms with Crippen LogP contribution >= 0.6 is 0 Å². The number of carbonyl (C=O) groups excluding carboxylic acids is 1. The van der Waals surface area contributed by atoms with Crippen molar-refractivity contribution < 1.29 is 23.8 Å². The second-order valence-electron chi connectivity index (χ2n) is 7.96. The standard InChI is InChI=1S/C23H24FN5O4/c1-32-8-9-33-16-4-2-14(3-5-16)21-19-12-26-22-17(6-7-25-22)29(19)23(27-21)18-10-15(30)13-28(18)20(31)11-24/h2-7,12,15,18,25,30H,8-11,13H2,1H3/t15-,18?/m1/s1. The second kappa shape index (κ2) is 8.80. The van der Waals surface area contributed by atoms with E-state index < -0.39 is 24.7 Å². The Morgan fingerprint density at radius 3 is 2.82 bits per heavy atom. The number of H-pyrrole nitrogens is 1. The summed E-state index contributed by atoms with van der Waals surface area (Å²) in [6.45, 7) is -0.0979. The molecular formula is C23H24FN5O4. The highest BCUT2D eigenvalue weighted by molar-refractivity contribution is 5.85. The number of aromatic nitrogens is 4. The minimum Gasteiger partial charge on any atom is -0.491 e. The lowest BCUT2D eigenvalue weighted by molar-refractivity contribution is -0.133. The summed E-state index contributed by atoms with van der Waals surface area (Å²) in [7, 11) is 1.62. The zero-order chi connectivity index (χ0) is 22.9. The van der Waals surface area contributed by atoms with Crippen LogP contribution in [0.3, 0.4) is 0 Å². The molecule has 4 heterocycles. The molecule has 10 heteroatoms. The summed E-state index contributed by atoms with van der Waals surface area (Å²) in [6, 6.07) is 8.85. The molecule has 0 radical (unpaired) electrons. The van der Waals surface area contributed by atoms with Gasteiger partial charge in [0.2, 0.25) is 0 Å². The van der Waals surface area contributed by atoms with Crippen molar-refractivity contribution in [2.24, 2.45) is 0 Å². The molecule has 1 unspecified atom stereocenters. The Morgan fingerprint density at radius 1 is 1.24 bits per heavy atom. The van der Waals surface area contributed by atoms with Gasteiger partial charge in [0.15, 0.2) is 12.3 Å². The molecule has 5 rings (SSSR count). The Balaban J connectivity index is 1.62. The van der Waals surface area contributed by atoms with E-state index in [0.29, 0.717) is 36.1 Å². The normalized spacial score (nSPS) is 18.5. The average molecular weight is 453 g/mol. The number of imidazole rings is 1. The van der Waals surface area contributed by atoms with Crippen LogP contribution in [0.5, 0.6) is 5.75 Å². The van der Waals surface area contributed by atoms with Crippen molar-refractivity contribution in [3.63, 3.8) is 0 Å². The van der Waals surface area contributed by atoms with Gasteiger partial charge in [-0.3, -0.25) is 9.20 Å². The highest BCUT2D eigenvalue weighted by Gasteiger charge is 2.38. The maximum Gasteiger partial charge on any atom is 0.254 e. The van der Waals surface area contributed by atoms with Crippen molar-refractivity contribution >= 4 is 22.6 Å². The number of methoxy groups -OCH3 is 1. The van der Waals surface area contributed by atoms with Gasteiger partial charge in [0.25, 0.3) is 5.91 Å². The zero-order valence-corrected chi connectivity index (χ0v) is 18.1. The maximum absolute atomic E-state index is 13.3. The van der Waals surface area contributed by atoms with Gasteiger partial charge in [-0.15, -0.1) is 0 Å². The molecular weight excluding hydrogens is 429 g/mol. The Kier molecular flexibility index (Phi) is 5.69. The summed E-state index contributed by atoms with van der Waals surface area (Å²) in [5.74, 6) is 0.613. The molecule has 2 atom stereocenters. The third-order valence-electron chi connectivity index (χ3n) is 5.90. The topological polar surface area (TPSA) is 105 Å². The van der Waals surface area contributed by atoms with Gasteiger partial charge in [0.05, 0.1) is 41.7 Å². The van der Waals surface area contributed by atoms with Gasteiger partial charge in [0.1, 0.15) is 18.2 Å². The van der Waals surface area contributed by atoms with Crippen LogP contribution in [-0.2, 0) is 9.53 Å². The number of ether oxygens (including phenoxy) is 2. The molecule has 0 spiro atoms. The van der Waals surface area contributed by atoms with Crippen LogP contribution in [0.4, 0.5) is 4.39 Å². The smallest absolute Gasteiger partial charge is 0.254 e. The van der Waals surface area contributed by atoms with E-state index in [0.717, 1.165) is 16.6 Å². The molecule has 172 valence electrons. The first kappa shape index (κ1) is 21.4. The first-order valence-corrected chi connectivity index (χ1v) is 10.7. The van der Waals surface area contributed by atoms with Crippen LogP contribution in [0.25, 0.3) is 27.9 Å². The van der Waals surface area contributed by atoms with E-state index in [1.807, 2.05) is 34.7 Å². The molecule has 0 aliphatic carbocycles. The number of rotatable bonds is 7. The van der Waals surface area contributed by atoms with Crippen LogP contribution in [-0.4, -0.2) is 74.9 Å². The van der Waals surface area contributed by atoms with E-state index in [1.165, 1.54) is 4.90 Å². The molecule has 33 heavy (non-hydrogen) atoms. The number of hydrogen-bond acceptors (Lipinski definition) is 6. The van der Waals surface area contributed by atoms with Crippen LogP contribution < -0.4 is 4.74 Å². The molecule has 9 nitrogen and oxygen atoms in total. The quantitative estimate of drug-likeness (QED) is 0.417. The molecule has 1 fully saturated rings. The molecule has 0 saturated carbocycles. The molecule has 0 bridgehead atoms. The fourth-order valence-corrected chi connectivity index (χ4v) is 4.38. The number of fused-ring (bicyclic) bond motifs is 3. The van der Waals surface area contributed by atoms with Gasteiger partial charge >= 0.3 is 0 Å². The van der Waals surface area contributed by atoms with Crippen molar-refractivity contribution in [2.75, 3.05) is 33.5 Å². The lowest BCUT2D eigenvalue weighted by Gasteiger charge is -2.22. The third-order valence-corrected chi connectivity index (χ3v) is 5.90. The number of aliphatic hydroxyl groups is 1. The lowest BCUT2D eigenvalue weighted by atomic mass is 10.1. The predicted molar refractivity (Wildman–Crippen MR) is 119 cm³/mol. The number of likely N-dealkylation sites (tertiary alicyclic amines) is 1. The summed E-state index contributed by atoms with van der Waals surface area (Å²) in [4.78, 5) is 26.1. The summed E-state index contributed by atoms with van der Waals surface area (Å²) >= 11 is 0. The van der Waals surface area contributed by atoms with Gasteiger partial charge in [-0.1, -0.05) is 0 Å².